The Balaban J connectivity index is 1.35. The highest BCUT2D eigenvalue weighted by atomic mass is 79.9. The fourth-order valence-electron chi connectivity index (χ4n) is 3.53. The molecule has 2 aromatic rings. The summed E-state index contributed by atoms with van der Waals surface area (Å²) in [6.07, 6.45) is 1.46. The third-order valence-electron chi connectivity index (χ3n) is 5.37. The molecule has 10 nitrogen and oxygen atoms in total. The molecule has 2 N–H and O–H groups in total. The van der Waals surface area contributed by atoms with Gasteiger partial charge in [-0.1, -0.05) is 6.07 Å². The van der Waals surface area contributed by atoms with E-state index in [-0.39, 0.29) is 18.2 Å². The maximum Gasteiger partial charge on any atom is 0.329 e. The van der Waals surface area contributed by atoms with E-state index in [9.17, 15) is 23.6 Å². The summed E-state index contributed by atoms with van der Waals surface area (Å²) in [6, 6.07) is 9.34. The number of carbonyl (C=O) groups is 4. The minimum absolute atomic E-state index is 0.00218. The van der Waals surface area contributed by atoms with Gasteiger partial charge in [0.15, 0.2) is 6.61 Å². The molecule has 0 aliphatic carbocycles. The van der Waals surface area contributed by atoms with E-state index in [4.69, 9.17) is 9.47 Å². The quantitative estimate of drug-likeness (QED) is 0.396. The summed E-state index contributed by atoms with van der Waals surface area (Å²) in [7, 11) is 0. The summed E-state index contributed by atoms with van der Waals surface area (Å²) in [5.41, 5.74) is 0.913. The normalized spacial score (nSPS) is 16.8. The van der Waals surface area contributed by atoms with E-state index in [1.807, 2.05) is 0 Å². The standard InChI is InChI=1S/C24H22BrFN4O6/c25-18-11-15(1-6-20(18)36-14-22(32)29-7-9-35-10-8-29)12-19-23(33)30(24(34)28-19)13-21(31)27-17-4-2-16(26)3-5-17/h1-6,11-12H,7-10,13-14H2,(H,27,31)(H,28,34)/b19-12-. The topological polar surface area (TPSA) is 117 Å². The molecule has 0 spiro atoms. The van der Waals surface area contributed by atoms with Crippen LogP contribution in [-0.2, 0) is 19.1 Å². The van der Waals surface area contributed by atoms with Gasteiger partial charge in [-0.25, -0.2) is 14.1 Å². The molecule has 2 aliphatic heterocycles. The Morgan fingerprint density at radius 3 is 2.56 bits per heavy atom. The van der Waals surface area contributed by atoms with E-state index in [2.05, 4.69) is 26.6 Å². The lowest BCUT2D eigenvalue weighted by atomic mass is 10.2. The molecule has 36 heavy (non-hydrogen) atoms. The highest BCUT2D eigenvalue weighted by Gasteiger charge is 2.35. The third kappa shape index (κ3) is 6.26. The molecule has 5 amide bonds. The highest BCUT2D eigenvalue weighted by molar-refractivity contribution is 9.10. The van der Waals surface area contributed by atoms with Crippen LogP contribution in [-0.4, -0.2) is 73.0 Å². The van der Waals surface area contributed by atoms with Gasteiger partial charge in [0, 0.05) is 18.8 Å². The van der Waals surface area contributed by atoms with Gasteiger partial charge in [0.05, 0.1) is 17.7 Å². The number of ether oxygens (including phenoxy) is 2. The van der Waals surface area contributed by atoms with Crippen LogP contribution < -0.4 is 15.4 Å². The summed E-state index contributed by atoms with van der Waals surface area (Å²) in [5, 5.41) is 4.96. The maximum absolute atomic E-state index is 13.0. The molecule has 2 fully saturated rings. The average Bonchev–Trinajstić information content (AvgIpc) is 3.12. The molecule has 2 aliphatic rings. The number of rotatable bonds is 7. The number of nitrogens with one attached hydrogen (secondary N) is 2. The van der Waals surface area contributed by atoms with Crippen molar-refractivity contribution in [2.75, 3.05) is 44.8 Å². The second kappa shape index (κ2) is 11.3. The van der Waals surface area contributed by atoms with Crippen molar-refractivity contribution in [1.82, 2.24) is 15.1 Å². The monoisotopic (exact) mass is 560 g/mol. The molecule has 0 radical (unpaired) electrons. The number of hydrogen-bond acceptors (Lipinski definition) is 6. The van der Waals surface area contributed by atoms with E-state index in [1.165, 1.54) is 30.3 Å². The molecule has 0 bridgehead atoms. The lowest BCUT2D eigenvalue weighted by Crippen LogP contribution is -2.43. The van der Waals surface area contributed by atoms with Crippen LogP contribution in [0.5, 0.6) is 5.75 Å². The van der Waals surface area contributed by atoms with Crippen molar-refractivity contribution in [2.24, 2.45) is 0 Å². The van der Waals surface area contributed by atoms with Crippen LogP contribution in [0.15, 0.2) is 52.6 Å². The first kappa shape index (κ1) is 25.3. The molecule has 4 rings (SSSR count). The minimum atomic E-state index is -0.735. The number of anilines is 1. The minimum Gasteiger partial charge on any atom is -0.483 e. The average molecular weight is 561 g/mol. The molecule has 2 saturated heterocycles. The van der Waals surface area contributed by atoms with Gasteiger partial charge in [-0.3, -0.25) is 14.4 Å². The van der Waals surface area contributed by atoms with E-state index >= 15 is 0 Å². The first-order valence-electron chi connectivity index (χ1n) is 11.0. The Hall–Kier alpha value is -3.77. The van der Waals surface area contributed by atoms with Crippen molar-refractivity contribution in [2.45, 2.75) is 0 Å². The molecule has 12 heteroatoms. The molecule has 0 atom stereocenters. The van der Waals surface area contributed by atoms with Crippen LogP contribution >= 0.6 is 15.9 Å². The van der Waals surface area contributed by atoms with E-state index in [1.54, 1.807) is 23.1 Å². The number of carbonyl (C=O) groups excluding carboxylic acids is 4. The largest absolute Gasteiger partial charge is 0.483 e. The summed E-state index contributed by atoms with van der Waals surface area (Å²) in [5.74, 6) is -1.42. The smallest absolute Gasteiger partial charge is 0.329 e. The Morgan fingerprint density at radius 1 is 1.14 bits per heavy atom. The fourth-order valence-corrected chi connectivity index (χ4v) is 4.04. The molecule has 188 valence electrons. The fraction of sp³-hybridized carbons (Fsp3) is 0.250. The van der Waals surface area contributed by atoms with Gasteiger partial charge in [0.2, 0.25) is 5.91 Å². The zero-order valence-corrected chi connectivity index (χ0v) is 20.5. The van der Waals surface area contributed by atoms with Crippen LogP contribution in [0.3, 0.4) is 0 Å². The Bertz CT molecular complexity index is 1210. The molecule has 0 unspecified atom stereocenters. The van der Waals surface area contributed by atoms with Gasteiger partial charge < -0.3 is 25.0 Å². The van der Waals surface area contributed by atoms with Crippen LogP contribution in [0.4, 0.5) is 14.9 Å². The predicted molar refractivity (Wildman–Crippen MR) is 130 cm³/mol. The highest BCUT2D eigenvalue weighted by Crippen LogP contribution is 2.27. The molecule has 2 heterocycles. The molecule has 0 saturated carbocycles. The number of benzene rings is 2. The summed E-state index contributed by atoms with van der Waals surface area (Å²) in [4.78, 5) is 51.9. The van der Waals surface area contributed by atoms with Gasteiger partial charge in [0.1, 0.15) is 23.8 Å². The molecular formula is C24H22BrFN4O6. The van der Waals surface area contributed by atoms with Crippen LogP contribution in [0, 0.1) is 5.82 Å². The Kier molecular flexibility index (Phi) is 7.96. The van der Waals surface area contributed by atoms with Crippen molar-refractivity contribution in [3.05, 3.63) is 64.0 Å². The predicted octanol–water partition coefficient (Wildman–Crippen LogP) is 2.36. The Morgan fingerprint density at radius 2 is 1.86 bits per heavy atom. The van der Waals surface area contributed by atoms with Gasteiger partial charge in [-0.05, 0) is 64.0 Å². The van der Waals surface area contributed by atoms with Crippen molar-refractivity contribution in [3.8, 4) is 5.75 Å². The van der Waals surface area contributed by atoms with Gasteiger partial charge in [-0.2, -0.15) is 0 Å². The second-order valence-corrected chi connectivity index (χ2v) is 8.76. The number of halogens is 2. The van der Waals surface area contributed by atoms with Crippen molar-refractivity contribution in [1.29, 1.82) is 0 Å². The number of urea groups is 1. The van der Waals surface area contributed by atoms with Crippen molar-refractivity contribution < 1.29 is 33.0 Å². The number of morpholine rings is 1. The number of amides is 5. The maximum atomic E-state index is 13.0. The van der Waals surface area contributed by atoms with Gasteiger partial charge in [0.25, 0.3) is 11.8 Å². The zero-order chi connectivity index (χ0) is 25.7. The lowest BCUT2D eigenvalue weighted by molar-refractivity contribution is -0.137. The van der Waals surface area contributed by atoms with Crippen LogP contribution in [0.2, 0.25) is 0 Å². The number of hydrogen-bond donors (Lipinski definition) is 2. The first-order chi connectivity index (χ1) is 17.3. The lowest BCUT2D eigenvalue weighted by Gasteiger charge is -2.26. The van der Waals surface area contributed by atoms with Crippen LogP contribution in [0.1, 0.15) is 5.56 Å². The van der Waals surface area contributed by atoms with E-state index in [0.717, 1.165) is 4.90 Å². The second-order valence-electron chi connectivity index (χ2n) is 7.91. The van der Waals surface area contributed by atoms with Gasteiger partial charge >= 0.3 is 6.03 Å². The van der Waals surface area contributed by atoms with E-state index in [0.29, 0.717) is 47.8 Å². The summed E-state index contributed by atoms with van der Waals surface area (Å²) >= 11 is 3.39. The summed E-state index contributed by atoms with van der Waals surface area (Å²) < 4.78 is 24.4. The van der Waals surface area contributed by atoms with Crippen LogP contribution in [0.25, 0.3) is 6.08 Å². The molecule has 2 aromatic carbocycles. The first-order valence-corrected chi connectivity index (χ1v) is 11.8. The SMILES string of the molecule is O=C(CN1C(=O)N/C(=C\c2ccc(OCC(=O)N3CCOCC3)c(Br)c2)C1=O)Nc1ccc(F)cc1. The summed E-state index contributed by atoms with van der Waals surface area (Å²) in [6.45, 7) is 1.44. The van der Waals surface area contributed by atoms with Gasteiger partial charge in [-0.15, -0.1) is 0 Å². The number of imide groups is 1. The van der Waals surface area contributed by atoms with Crippen molar-refractivity contribution in [3.63, 3.8) is 0 Å². The molecule has 0 aromatic heterocycles. The Labute approximate surface area is 214 Å². The zero-order valence-electron chi connectivity index (χ0n) is 19.0. The molecular weight excluding hydrogens is 539 g/mol. The third-order valence-corrected chi connectivity index (χ3v) is 5.99. The van der Waals surface area contributed by atoms with Crippen molar-refractivity contribution >= 4 is 51.4 Å². The number of nitrogens with zero attached hydrogens (tertiary/aromatic N) is 2. The van der Waals surface area contributed by atoms with E-state index < -0.39 is 30.2 Å².